The van der Waals surface area contributed by atoms with Crippen LogP contribution in [0.5, 0.6) is 0 Å². The van der Waals surface area contributed by atoms with E-state index in [1.165, 1.54) is 26.4 Å². The summed E-state index contributed by atoms with van der Waals surface area (Å²) in [6.45, 7) is 28.0. The average Bonchev–Trinajstić information content (AvgIpc) is 2.48. The van der Waals surface area contributed by atoms with Crippen LogP contribution in [-0.4, -0.2) is 20.4 Å². The standard InChI is InChI=1S/4C5H11O.O.W/c4*1-5(2,3)4-6;;/h4*4,6H,1-3H3;;/q4*-1;;. The van der Waals surface area contributed by atoms with Gasteiger partial charge in [0, 0.05) is 0 Å². The van der Waals surface area contributed by atoms with E-state index in [1.54, 1.807) is 0 Å². The third-order valence-electron chi connectivity index (χ3n) is 1.55. The van der Waals surface area contributed by atoms with Crippen molar-refractivity contribution in [2.24, 2.45) is 21.7 Å². The summed E-state index contributed by atoms with van der Waals surface area (Å²) in [5.74, 6) is 0. The first-order valence-corrected chi connectivity index (χ1v) is 9.55. The Labute approximate surface area is 174 Å². The van der Waals surface area contributed by atoms with Gasteiger partial charge < -0.3 is 20.4 Å². The summed E-state index contributed by atoms with van der Waals surface area (Å²) in [4.78, 5) is 0. The molecule has 0 unspecified atom stereocenters. The molecule has 164 valence electrons. The number of hydrogen-bond acceptors (Lipinski definition) is 5. The second-order valence-electron chi connectivity index (χ2n) is 9.98. The molecule has 0 aliphatic rings. The topological polar surface area (TPSA) is 98.0 Å². The molecular formula is C20H44O5W-4. The Morgan fingerprint density at radius 2 is 0.462 bits per heavy atom. The first kappa shape index (κ1) is 37.1. The summed E-state index contributed by atoms with van der Waals surface area (Å²) in [6, 6.07) is 0. The normalized spacial score (nSPS) is 11.2. The van der Waals surface area contributed by atoms with Crippen LogP contribution >= 0.6 is 0 Å². The summed E-state index contributed by atoms with van der Waals surface area (Å²) in [6.07, 6.45) is 0. The van der Waals surface area contributed by atoms with Crippen LogP contribution in [0.2, 0.25) is 0 Å². The van der Waals surface area contributed by atoms with E-state index < -0.39 is 0 Å². The fourth-order valence-corrected chi connectivity index (χ4v) is 0. The molecule has 0 aliphatic heterocycles. The van der Waals surface area contributed by atoms with Gasteiger partial charge in [-0.25, -0.2) is 26.4 Å². The van der Waals surface area contributed by atoms with E-state index in [9.17, 15) is 0 Å². The molecule has 0 saturated carbocycles. The van der Waals surface area contributed by atoms with Gasteiger partial charge in [0.25, 0.3) is 0 Å². The Hall–Kier alpha value is 0.328. The van der Waals surface area contributed by atoms with Gasteiger partial charge in [-0.05, 0) is 0 Å². The zero-order valence-corrected chi connectivity index (χ0v) is 21.8. The molecule has 0 radical (unpaired) electrons. The van der Waals surface area contributed by atoms with Crippen molar-refractivity contribution in [3.63, 3.8) is 0 Å². The van der Waals surface area contributed by atoms with Gasteiger partial charge in [0.05, 0.1) is 0 Å². The maximum atomic E-state index is 8.33. The third-order valence-corrected chi connectivity index (χ3v) is 1.55. The van der Waals surface area contributed by atoms with E-state index in [4.69, 9.17) is 23.8 Å². The quantitative estimate of drug-likeness (QED) is 0.273. The van der Waals surface area contributed by atoms with Crippen LogP contribution in [0, 0.1) is 48.1 Å². The van der Waals surface area contributed by atoms with Crippen molar-refractivity contribution in [1.29, 1.82) is 0 Å². The molecule has 6 heteroatoms. The van der Waals surface area contributed by atoms with Crippen molar-refractivity contribution < 1.29 is 43.6 Å². The molecule has 0 aliphatic carbocycles. The molecule has 4 N–H and O–H groups in total. The Bertz CT molecular complexity index is 212. The first-order chi connectivity index (χ1) is 11.2. The maximum absolute atomic E-state index is 8.33. The van der Waals surface area contributed by atoms with Gasteiger partial charge in [-0.1, -0.05) is 83.1 Å². The zero-order valence-electron chi connectivity index (χ0n) is 18.9. The van der Waals surface area contributed by atoms with Gasteiger partial charge in [-0.3, -0.25) is 0 Å². The second kappa shape index (κ2) is 18.7. The summed E-state index contributed by atoms with van der Waals surface area (Å²) < 4.78 is 8.33. The van der Waals surface area contributed by atoms with Crippen molar-refractivity contribution in [1.82, 2.24) is 0 Å². The monoisotopic (exact) mass is 548 g/mol. The Kier molecular flexibility index (Phi) is 26.7. The molecule has 0 aromatic heterocycles. The van der Waals surface area contributed by atoms with Crippen LogP contribution < -0.4 is 0 Å². The first-order valence-electron chi connectivity index (χ1n) is 8.35. The predicted octanol–water partition coefficient (Wildman–Crippen LogP) is 6.15. The second-order valence-corrected chi connectivity index (χ2v) is 9.98. The van der Waals surface area contributed by atoms with Crippen molar-refractivity contribution in [2.75, 3.05) is 0 Å². The third kappa shape index (κ3) is 87.1. The van der Waals surface area contributed by atoms with Crippen LogP contribution in [0.4, 0.5) is 0 Å². The zero-order chi connectivity index (χ0) is 22.8. The summed E-state index contributed by atoms with van der Waals surface area (Å²) >= 11 is 0.333. The van der Waals surface area contributed by atoms with Crippen molar-refractivity contribution in [3.05, 3.63) is 26.4 Å². The molecule has 0 aromatic rings. The molecule has 5 nitrogen and oxygen atoms in total. The van der Waals surface area contributed by atoms with Gasteiger partial charge in [0.15, 0.2) is 0 Å². The Morgan fingerprint density at radius 3 is 0.462 bits per heavy atom. The average molecular weight is 548 g/mol. The molecule has 0 rings (SSSR count). The van der Waals surface area contributed by atoms with Crippen molar-refractivity contribution in [2.45, 2.75) is 83.1 Å². The molecule has 0 aromatic carbocycles. The van der Waals surface area contributed by atoms with Crippen molar-refractivity contribution >= 4 is 0 Å². The van der Waals surface area contributed by atoms with E-state index >= 15 is 0 Å². The molecule has 0 saturated heterocycles. The van der Waals surface area contributed by atoms with E-state index in [2.05, 4.69) is 0 Å². The minimum atomic E-state index is -0.0278. The molecular weight excluding hydrogens is 504 g/mol. The van der Waals surface area contributed by atoms with Gasteiger partial charge in [-0.15, -0.1) is 21.7 Å². The van der Waals surface area contributed by atoms with Gasteiger partial charge in [0.1, 0.15) is 0 Å². The minimum absolute atomic E-state index is 0.0278. The molecule has 0 atom stereocenters. The number of aliphatic hydroxyl groups is 4. The van der Waals surface area contributed by atoms with E-state index in [-0.39, 0.29) is 21.7 Å². The van der Waals surface area contributed by atoms with Crippen LogP contribution in [0.15, 0.2) is 0 Å². The van der Waals surface area contributed by atoms with Crippen LogP contribution in [-0.2, 0) is 23.2 Å². The van der Waals surface area contributed by atoms with Gasteiger partial charge >= 0.3 is 23.2 Å². The number of rotatable bonds is 0. The fourth-order valence-electron chi connectivity index (χ4n) is 0. The molecule has 0 heterocycles. The summed E-state index contributed by atoms with van der Waals surface area (Å²) in [5.41, 5.74) is -0.111. The summed E-state index contributed by atoms with van der Waals surface area (Å²) in [5, 5.41) is 33.1. The van der Waals surface area contributed by atoms with Gasteiger partial charge in [-0.2, -0.15) is 0 Å². The van der Waals surface area contributed by atoms with Crippen LogP contribution in [0.25, 0.3) is 0 Å². The molecule has 0 spiro atoms. The Balaban J connectivity index is -0.0000000729. The number of aliphatic hydroxyl groups excluding tert-OH is 4. The van der Waals surface area contributed by atoms with E-state index in [0.717, 1.165) is 0 Å². The van der Waals surface area contributed by atoms with E-state index in [0.29, 0.717) is 19.8 Å². The van der Waals surface area contributed by atoms with Crippen LogP contribution in [0.3, 0.4) is 0 Å². The molecule has 0 fully saturated rings. The number of hydrogen-bond donors (Lipinski definition) is 4. The molecule has 0 bridgehead atoms. The van der Waals surface area contributed by atoms with Crippen LogP contribution in [0.1, 0.15) is 83.1 Å². The van der Waals surface area contributed by atoms with Crippen molar-refractivity contribution in [3.8, 4) is 0 Å². The predicted molar refractivity (Wildman–Crippen MR) is 103 cm³/mol. The molecule has 26 heavy (non-hydrogen) atoms. The Morgan fingerprint density at radius 1 is 0.423 bits per heavy atom. The van der Waals surface area contributed by atoms with E-state index in [1.807, 2.05) is 83.1 Å². The van der Waals surface area contributed by atoms with Gasteiger partial charge in [0.2, 0.25) is 0 Å². The molecule has 0 amide bonds. The fraction of sp³-hybridized carbons (Fsp3) is 0.800. The summed E-state index contributed by atoms with van der Waals surface area (Å²) in [7, 11) is 0. The SMILES string of the molecule is CC(C)(C)[CH-]O.CC(C)(C)[CH-]O.CC(C)(C)[CH-]O.CC(C)(C)[CH-]O.[O]=[W].